The van der Waals surface area contributed by atoms with Crippen molar-refractivity contribution in [3.05, 3.63) is 89.5 Å². The molecule has 0 unspecified atom stereocenters. The summed E-state index contributed by atoms with van der Waals surface area (Å²) in [7, 11) is 1.62. The van der Waals surface area contributed by atoms with Crippen LogP contribution in [-0.4, -0.2) is 28.7 Å². The number of ether oxygens (including phenoxy) is 2. The zero-order valence-electron chi connectivity index (χ0n) is 18.9. The van der Waals surface area contributed by atoms with Crippen LogP contribution >= 0.6 is 11.8 Å². The molecule has 6 nitrogen and oxygen atoms in total. The van der Waals surface area contributed by atoms with Gasteiger partial charge in [-0.15, -0.1) is 0 Å². The summed E-state index contributed by atoms with van der Waals surface area (Å²) in [5, 5.41) is 3.68. The summed E-state index contributed by atoms with van der Waals surface area (Å²) >= 11 is 1.38. The molecule has 7 heteroatoms. The highest BCUT2D eigenvalue weighted by Gasteiger charge is 2.26. The van der Waals surface area contributed by atoms with Crippen molar-refractivity contribution in [2.75, 3.05) is 18.2 Å². The normalized spacial score (nSPS) is 11.7. The molecule has 0 radical (unpaired) electrons. The Kier molecular flexibility index (Phi) is 6.18. The first-order chi connectivity index (χ1) is 16.6. The van der Waals surface area contributed by atoms with Crippen molar-refractivity contribution in [3.63, 3.8) is 0 Å². The van der Waals surface area contributed by atoms with Crippen LogP contribution in [0.15, 0.2) is 77.8 Å². The second kappa shape index (κ2) is 9.57. The van der Waals surface area contributed by atoms with Gasteiger partial charge >= 0.3 is 0 Å². The van der Waals surface area contributed by atoms with E-state index in [-0.39, 0.29) is 11.7 Å². The molecule has 0 saturated carbocycles. The van der Waals surface area contributed by atoms with E-state index in [0.717, 1.165) is 33.0 Å². The number of hydrogen-bond acceptors (Lipinski definition) is 6. The van der Waals surface area contributed by atoms with Crippen LogP contribution in [0.1, 0.15) is 16.7 Å². The van der Waals surface area contributed by atoms with Gasteiger partial charge in [-0.2, -0.15) is 4.98 Å². The van der Waals surface area contributed by atoms with Gasteiger partial charge in [0, 0.05) is 23.2 Å². The number of rotatable bonds is 6. The zero-order valence-corrected chi connectivity index (χ0v) is 19.7. The second-order valence-electron chi connectivity index (χ2n) is 7.93. The number of anilines is 1. The van der Waals surface area contributed by atoms with Gasteiger partial charge in [-0.25, -0.2) is 4.98 Å². The first-order valence-corrected chi connectivity index (χ1v) is 11.9. The molecule has 0 atom stereocenters. The predicted octanol–water partition coefficient (Wildman–Crippen LogP) is 5.89. The lowest BCUT2D eigenvalue weighted by Crippen LogP contribution is -2.15. The maximum Gasteiger partial charge on any atom is 0.234 e. The molecule has 4 aromatic rings. The third-order valence-electron chi connectivity index (χ3n) is 5.48. The van der Waals surface area contributed by atoms with Crippen LogP contribution in [0.5, 0.6) is 17.4 Å². The summed E-state index contributed by atoms with van der Waals surface area (Å²) in [6.45, 7) is 2.01. The molecule has 1 aliphatic rings. The molecule has 0 aliphatic carbocycles. The lowest BCUT2D eigenvalue weighted by atomic mass is 10.0. The third-order valence-corrected chi connectivity index (χ3v) is 6.50. The number of fused-ring (bicyclic) bond motifs is 2. The molecule has 2 heterocycles. The Balaban J connectivity index is 1.45. The first-order valence-electron chi connectivity index (χ1n) is 10.9. The van der Waals surface area contributed by atoms with Crippen LogP contribution in [-0.2, 0) is 11.2 Å². The molecule has 170 valence electrons. The van der Waals surface area contributed by atoms with E-state index >= 15 is 0 Å². The summed E-state index contributed by atoms with van der Waals surface area (Å²) in [6, 6.07) is 23.3. The SMILES string of the molecule is COc1cccc2c1Oc1nc(-c3ccccc3)nc(SCC(=O)Nc3ccc(C)cc3)c1C2. The molecule has 1 amide bonds. The summed E-state index contributed by atoms with van der Waals surface area (Å²) < 4.78 is 11.7. The fourth-order valence-electron chi connectivity index (χ4n) is 3.75. The summed E-state index contributed by atoms with van der Waals surface area (Å²) in [4.78, 5) is 22.2. The van der Waals surface area contributed by atoms with Crippen molar-refractivity contribution in [2.45, 2.75) is 18.4 Å². The number of para-hydroxylation sites is 1. The Hall–Kier alpha value is -3.84. The van der Waals surface area contributed by atoms with Gasteiger partial charge < -0.3 is 14.8 Å². The second-order valence-corrected chi connectivity index (χ2v) is 8.90. The highest BCUT2D eigenvalue weighted by molar-refractivity contribution is 8.00. The average molecular weight is 470 g/mol. The quantitative estimate of drug-likeness (QED) is 0.247. The van der Waals surface area contributed by atoms with E-state index in [9.17, 15) is 4.79 Å². The lowest BCUT2D eigenvalue weighted by molar-refractivity contribution is -0.113. The van der Waals surface area contributed by atoms with E-state index in [0.29, 0.717) is 29.6 Å². The number of benzene rings is 3. The highest BCUT2D eigenvalue weighted by Crippen LogP contribution is 2.44. The zero-order chi connectivity index (χ0) is 23.5. The molecule has 1 aromatic heterocycles. The lowest BCUT2D eigenvalue weighted by Gasteiger charge is -2.23. The van der Waals surface area contributed by atoms with Crippen LogP contribution in [0, 0.1) is 6.92 Å². The van der Waals surface area contributed by atoms with Crippen molar-refractivity contribution >= 4 is 23.4 Å². The summed E-state index contributed by atoms with van der Waals surface area (Å²) in [5.41, 5.74) is 4.66. The number of methoxy groups -OCH3 is 1. The number of amides is 1. The van der Waals surface area contributed by atoms with Crippen molar-refractivity contribution in [2.24, 2.45) is 0 Å². The predicted molar refractivity (Wildman–Crippen MR) is 134 cm³/mol. The van der Waals surface area contributed by atoms with Gasteiger partial charge in [0.2, 0.25) is 11.8 Å². The van der Waals surface area contributed by atoms with Crippen LogP contribution < -0.4 is 14.8 Å². The van der Waals surface area contributed by atoms with Gasteiger partial charge in [0.15, 0.2) is 17.3 Å². The van der Waals surface area contributed by atoms with Gasteiger partial charge in [-0.1, -0.05) is 71.9 Å². The van der Waals surface area contributed by atoms with Gasteiger partial charge in [-0.3, -0.25) is 4.79 Å². The number of thioether (sulfide) groups is 1. The fraction of sp³-hybridized carbons (Fsp3) is 0.148. The molecule has 1 N–H and O–H groups in total. The molecule has 0 saturated heterocycles. The summed E-state index contributed by atoms with van der Waals surface area (Å²) in [5.74, 6) is 2.50. The van der Waals surface area contributed by atoms with E-state index in [1.165, 1.54) is 11.8 Å². The molecular weight excluding hydrogens is 446 g/mol. The number of nitrogens with zero attached hydrogens (tertiary/aromatic N) is 2. The molecule has 34 heavy (non-hydrogen) atoms. The van der Waals surface area contributed by atoms with Gasteiger partial charge in [-0.05, 0) is 25.1 Å². The Bertz CT molecular complexity index is 1340. The first kappa shape index (κ1) is 22.0. The third kappa shape index (κ3) is 4.61. The average Bonchev–Trinajstić information content (AvgIpc) is 2.87. The van der Waals surface area contributed by atoms with Crippen molar-refractivity contribution in [1.29, 1.82) is 0 Å². The number of aryl methyl sites for hydroxylation is 1. The minimum absolute atomic E-state index is 0.0960. The molecule has 1 aliphatic heterocycles. The number of nitrogens with one attached hydrogen (secondary N) is 1. The van der Waals surface area contributed by atoms with Crippen LogP contribution in [0.4, 0.5) is 5.69 Å². The smallest absolute Gasteiger partial charge is 0.234 e. The Morgan fingerprint density at radius 2 is 1.82 bits per heavy atom. The number of carbonyl (C=O) groups excluding carboxylic acids is 1. The van der Waals surface area contributed by atoms with Crippen molar-refractivity contribution in [3.8, 4) is 28.8 Å². The molecule has 0 spiro atoms. The molecule has 3 aromatic carbocycles. The van der Waals surface area contributed by atoms with Crippen LogP contribution in [0.3, 0.4) is 0 Å². The Morgan fingerprint density at radius 3 is 2.59 bits per heavy atom. The Labute approximate surface area is 202 Å². The largest absolute Gasteiger partial charge is 0.493 e. The van der Waals surface area contributed by atoms with Crippen LogP contribution in [0.25, 0.3) is 11.4 Å². The minimum Gasteiger partial charge on any atom is -0.493 e. The number of aromatic nitrogens is 2. The Morgan fingerprint density at radius 1 is 1.03 bits per heavy atom. The van der Waals surface area contributed by atoms with Gasteiger partial charge in [0.05, 0.1) is 18.4 Å². The van der Waals surface area contributed by atoms with Crippen molar-refractivity contribution in [1.82, 2.24) is 9.97 Å². The van der Waals surface area contributed by atoms with E-state index in [2.05, 4.69) is 5.32 Å². The maximum atomic E-state index is 12.7. The molecule has 0 bridgehead atoms. The maximum absolute atomic E-state index is 12.7. The van der Waals surface area contributed by atoms with E-state index < -0.39 is 0 Å². The molecule has 5 rings (SSSR count). The van der Waals surface area contributed by atoms with Crippen molar-refractivity contribution < 1.29 is 14.3 Å². The topological polar surface area (TPSA) is 73.3 Å². The highest BCUT2D eigenvalue weighted by atomic mass is 32.2. The van der Waals surface area contributed by atoms with Gasteiger partial charge in [0.1, 0.15) is 5.03 Å². The van der Waals surface area contributed by atoms with Crippen LogP contribution in [0.2, 0.25) is 0 Å². The standard InChI is InChI=1S/C27H23N3O3S/c1-17-11-13-20(14-12-17)28-23(31)16-34-27-21-15-19-9-6-10-22(32-2)24(19)33-26(21)29-25(30-27)18-7-4-3-5-8-18/h3-14H,15-16H2,1-2H3,(H,28,31). The van der Waals surface area contributed by atoms with E-state index in [4.69, 9.17) is 19.4 Å². The number of carbonyl (C=O) groups is 1. The van der Waals surface area contributed by atoms with Gasteiger partial charge in [0.25, 0.3) is 0 Å². The minimum atomic E-state index is -0.0960. The van der Waals surface area contributed by atoms with E-state index in [1.807, 2.05) is 79.7 Å². The summed E-state index contributed by atoms with van der Waals surface area (Å²) in [6.07, 6.45) is 0.596. The monoisotopic (exact) mass is 469 g/mol. The van der Waals surface area contributed by atoms with E-state index in [1.54, 1.807) is 7.11 Å². The number of hydrogen-bond donors (Lipinski definition) is 1. The molecular formula is C27H23N3O3S. The fourth-order valence-corrected chi connectivity index (χ4v) is 4.57. The molecule has 0 fully saturated rings.